The van der Waals surface area contributed by atoms with Gasteiger partial charge in [0.25, 0.3) is 0 Å². The van der Waals surface area contributed by atoms with E-state index in [4.69, 9.17) is 5.11 Å². The van der Waals surface area contributed by atoms with E-state index in [1.807, 2.05) is 0 Å². The predicted octanol–water partition coefficient (Wildman–Crippen LogP) is -1.21. The summed E-state index contributed by atoms with van der Waals surface area (Å²) in [5.74, 6) is -0.0906. The first-order chi connectivity index (χ1) is 4.70. The Morgan fingerprint density at radius 1 is 1.70 bits per heavy atom. The van der Waals surface area contributed by atoms with Crippen molar-refractivity contribution in [1.29, 1.82) is 0 Å². The van der Waals surface area contributed by atoms with Crippen molar-refractivity contribution in [3.63, 3.8) is 0 Å². The molecule has 0 bridgehead atoms. The van der Waals surface area contributed by atoms with Gasteiger partial charge in [-0.25, -0.2) is 0 Å². The number of carboxylic acids is 1. The molecule has 0 amide bonds. The minimum absolute atomic E-state index is 0.245. The Morgan fingerprint density at radius 2 is 2.40 bits per heavy atom. The van der Waals surface area contributed by atoms with Crippen LogP contribution in [0.2, 0.25) is 0 Å². The molecule has 4 nitrogen and oxygen atoms in total. The molecule has 0 radical (unpaired) electrons. The SMILES string of the molecule is O=C(O)[C@H]1C[S@@](=O)CCN1. The van der Waals surface area contributed by atoms with Gasteiger partial charge in [0.05, 0.1) is 0 Å². The molecule has 1 aliphatic heterocycles. The second kappa shape index (κ2) is 3.12. The molecule has 1 rings (SSSR count). The Morgan fingerprint density at radius 3 is 2.80 bits per heavy atom. The molecule has 1 saturated heterocycles. The van der Waals surface area contributed by atoms with Crippen LogP contribution in [-0.2, 0) is 15.6 Å². The molecule has 0 aromatic heterocycles. The van der Waals surface area contributed by atoms with Crippen LogP contribution in [0.1, 0.15) is 0 Å². The Kier molecular flexibility index (Phi) is 2.39. The Hall–Kier alpha value is -0.420. The summed E-state index contributed by atoms with van der Waals surface area (Å²) in [6.45, 7) is 0.545. The summed E-state index contributed by atoms with van der Waals surface area (Å²) in [5.41, 5.74) is 0. The molecule has 0 aromatic carbocycles. The van der Waals surface area contributed by atoms with E-state index in [1.165, 1.54) is 0 Å². The summed E-state index contributed by atoms with van der Waals surface area (Å²) in [5, 5.41) is 11.2. The molecule has 2 atom stereocenters. The smallest absolute Gasteiger partial charge is 0.321 e. The second-order valence-corrected chi connectivity index (χ2v) is 3.78. The van der Waals surface area contributed by atoms with Crippen LogP contribution in [0.4, 0.5) is 0 Å². The highest BCUT2D eigenvalue weighted by molar-refractivity contribution is 7.85. The quantitative estimate of drug-likeness (QED) is 0.509. The normalized spacial score (nSPS) is 33.6. The monoisotopic (exact) mass is 163 g/mol. The van der Waals surface area contributed by atoms with E-state index in [0.29, 0.717) is 12.3 Å². The molecular formula is C5H9NO3S. The van der Waals surface area contributed by atoms with Gasteiger partial charge in [0.2, 0.25) is 0 Å². The molecule has 0 saturated carbocycles. The lowest BCUT2D eigenvalue weighted by Crippen LogP contribution is -2.47. The zero-order valence-electron chi connectivity index (χ0n) is 5.37. The fourth-order valence-corrected chi connectivity index (χ4v) is 1.98. The van der Waals surface area contributed by atoms with Gasteiger partial charge in [-0.1, -0.05) is 0 Å². The Balaban J connectivity index is 2.47. The average Bonchev–Trinajstić information content (AvgIpc) is 1.88. The van der Waals surface area contributed by atoms with E-state index in [0.717, 1.165) is 0 Å². The topological polar surface area (TPSA) is 66.4 Å². The van der Waals surface area contributed by atoms with Gasteiger partial charge in [-0.15, -0.1) is 0 Å². The molecule has 1 aliphatic rings. The number of hydrogen-bond donors (Lipinski definition) is 2. The van der Waals surface area contributed by atoms with Gasteiger partial charge in [-0.3, -0.25) is 9.00 Å². The van der Waals surface area contributed by atoms with Crippen LogP contribution in [0.3, 0.4) is 0 Å². The predicted molar refractivity (Wildman–Crippen MR) is 37.3 cm³/mol. The number of hydrogen-bond acceptors (Lipinski definition) is 3. The first-order valence-corrected chi connectivity index (χ1v) is 4.50. The summed E-state index contributed by atoms with van der Waals surface area (Å²) in [6, 6.07) is -0.602. The number of carbonyl (C=O) groups is 1. The number of aliphatic carboxylic acids is 1. The van der Waals surface area contributed by atoms with Crippen molar-refractivity contribution < 1.29 is 14.1 Å². The molecule has 0 spiro atoms. The van der Waals surface area contributed by atoms with Crippen LogP contribution in [0.15, 0.2) is 0 Å². The average molecular weight is 163 g/mol. The van der Waals surface area contributed by atoms with E-state index in [2.05, 4.69) is 5.32 Å². The second-order valence-electron chi connectivity index (χ2n) is 2.16. The van der Waals surface area contributed by atoms with Gasteiger partial charge in [0.15, 0.2) is 0 Å². The molecular weight excluding hydrogens is 154 g/mol. The maximum atomic E-state index is 10.8. The Bertz CT molecular complexity index is 168. The number of rotatable bonds is 1. The number of carboxylic acid groups (broad SMARTS) is 1. The van der Waals surface area contributed by atoms with E-state index < -0.39 is 22.8 Å². The molecule has 0 unspecified atom stereocenters. The van der Waals surface area contributed by atoms with E-state index in [9.17, 15) is 9.00 Å². The van der Waals surface area contributed by atoms with E-state index in [1.54, 1.807) is 0 Å². The van der Waals surface area contributed by atoms with Crippen molar-refractivity contribution in [3.05, 3.63) is 0 Å². The van der Waals surface area contributed by atoms with Crippen molar-refractivity contribution in [3.8, 4) is 0 Å². The third-order valence-corrected chi connectivity index (χ3v) is 2.74. The highest BCUT2D eigenvalue weighted by Crippen LogP contribution is 1.95. The molecule has 1 heterocycles. The van der Waals surface area contributed by atoms with Crippen molar-refractivity contribution in [2.45, 2.75) is 6.04 Å². The van der Waals surface area contributed by atoms with Crippen LogP contribution in [0, 0.1) is 0 Å². The zero-order chi connectivity index (χ0) is 7.56. The lowest BCUT2D eigenvalue weighted by Gasteiger charge is -2.18. The summed E-state index contributed by atoms with van der Waals surface area (Å²) in [6.07, 6.45) is 0. The van der Waals surface area contributed by atoms with E-state index >= 15 is 0 Å². The molecule has 0 aromatic rings. The molecule has 1 fully saturated rings. The lowest BCUT2D eigenvalue weighted by molar-refractivity contribution is -0.138. The van der Waals surface area contributed by atoms with Crippen LogP contribution in [0.25, 0.3) is 0 Å². The summed E-state index contributed by atoms with van der Waals surface area (Å²) < 4.78 is 10.8. The number of nitrogens with one attached hydrogen (secondary N) is 1. The van der Waals surface area contributed by atoms with Gasteiger partial charge >= 0.3 is 5.97 Å². The molecule has 5 heteroatoms. The van der Waals surface area contributed by atoms with Gasteiger partial charge < -0.3 is 10.4 Å². The minimum Gasteiger partial charge on any atom is -0.480 e. The summed E-state index contributed by atoms with van der Waals surface area (Å²) >= 11 is 0. The van der Waals surface area contributed by atoms with Crippen LogP contribution >= 0.6 is 0 Å². The molecule has 10 heavy (non-hydrogen) atoms. The van der Waals surface area contributed by atoms with Crippen molar-refractivity contribution >= 4 is 16.8 Å². The van der Waals surface area contributed by atoms with Crippen LogP contribution in [0.5, 0.6) is 0 Å². The van der Waals surface area contributed by atoms with Crippen molar-refractivity contribution in [2.24, 2.45) is 0 Å². The lowest BCUT2D eigenvalue weighted by atomic mass is 10.3. The molecule has 2 N–H and O–H groups in total. The fourth-order valence-electron chi connectivity index (χ4n) is 0.834. The van der Waals surface area contributed by atoms with Gasteiger partial charge in [-0.05, 0) is 0 Å². The standard InChI is InChI=1S/C5H9NO3S/c7-5(8)4-3-10(9)2-1-6-4/h4,6H,1-3H2,(H,7,8)/t4-,10+/m1/s1. The van der Waals surface area contributed by atoms with Crippen molar-refractivity contribution in [1.82, 2.24) is 5.32 Å². The largest absolute Gasteiger partial charge is 0.480 e. The zero-order valence-corrected chi connectivity index (χ0v) is 6.19. The van der Waals surface area contributed by atoms with Crippen molar-refractivity contribution in [2.75, 3.05) is 18.1 Å². The summed E-state index contributed by atoms with van der Waals surface area (Å²) in [4.78, 5) is 10.3. The third kappa shape index (κ3) is 1.78. The first kappa shape index (κ1) is 7.68. The molecule has 58 valence electrons. The van der Waals surface area contributed by atoms with Gasteiger partial charge in [0.1, 0.15) is 6.04 Å². The fraction of sp³-hybridized carbons (Fsp3) is 0.800. The van der Waals surface area contributed by atoms with Crippen LogP contribution < -0.4 is 5.32 Å². The molecule has 0 aliphatic carbocycles. The minimum atomic E-state index is -0.934. The van der Waals surface area contributed by atoms with Gasteiger partial charge in [-0.2, -0.15) is 0 Å². The first-order valence-electron chi connectivity index (χ1n) is 3.01. The maximum Gasteiger partial charge on any atom is 0.321 e. The highest BCUT2D eigenvalue weighted by Gasteiger charge is 2.23. The maximum absolute atomic E-state index is 10.8. The Labute approximate surface area is 61.1 Å². The van der Waals surface area contributed by atoms with Gasteiger partial charge in [0, 0.05) is 28.9 Å². The third-order valence-electron chi connectivity index (χ3n) is 1.37. The van der Waals surface area contributed by atoms with E-state index in [-0.39, 0.29) is 5.75 Å². The van der Waals surface area contributed by atoms with Crippen LogP contribution in [-0.4, -0.2) is 39.4 Å². The summed E-state index contributed by atoms with van der Waals surface area (Å²) in [7, 11) is -0.934. The highest BCUT2D eigenvalue weighted by atomic mass is 32.2.